The van der Waals surface area contributed by atoms with Crippen molar-refractivity contribution in [3.63, 3.8) is 0 Å². The number of aliphatic hydroxyl groups is 1. The molecular formula is C17H25ClN2O3. The lowest BCUT2D eigenvalue weighted by Gasteiger charge is -2.26. The molecule has 2 amide bonds. The van der Waals surface area contributed by atoms with Crippen molar-refractivity contribution in [1.29, 1.82) is 0 Å². The highest BCUT2D eigenvalue weighted by atomic mass is 35.5. The number of hydrogen-bond acceptors (Lipinski definition) is 3. The van der Waals surface area contributed by atoms with Gasteiger partial charge in [-0.15, -0.1) is 0 Å². The van der Waals surface area contributed by atoms with Crippen LogP contribution < -0.4 is 10.6 Å². The van der Waals surface area contributed by atoms with E-state index in [9.17, 15) is 9.90 Å². The number of carbonyl (C=O) groups is 1. The lowest BCUT2D eigenvalue weighted by molar-refractivity contribution is 0.0488. The van der Waals surface area contributed by atoms with E-state index in [0.717, 1.165) is 31.2 Å². The molecule has 0 bridgehead atoms. The number of amides is 2. The molecule has 1 fully saturated rings. The van der Waals surface area contributed by atoms with Gasteiger partial charge in [-0.2, -0.15) is 0 Å². The first kappa shape index (κ1) is 18.0. The predicted molar refractivity (Wildman–Crippen MR) is 90.6 cm³/mol. The van der Waals surface area contributed by atoms with E-state index in [0.29, 0.717) is 5.02 Å². The van der Waals surface area contributed by atoms with Crippen molar-refractivity contribution in [2.24, 2.45) is 0 Å². The van der Waals surface area contributed by atoms with Gasteiger partial charge in [-0.1, -0.05) is 36.6 Å². The summed E-state index contributed by atoms with van der Waals surface area (Å²) < 4.78 is 5.50. The Kier molecular flexibility index (Phi) is 6.27. The molecule has 0 spiro atoms. The highest BCUT2D eigenvalue weighted by Gasteiger charge is 2.31. The van der Waals surface area contributed by atoms with Crippen molar-refractivity contribution >= 4 is 17.6 Å². The minimum absolute atomic E-state index is 0.223. The van der Waals surface area contributed by atoms with Crippen molar-refractivity contribution in [3.05, 3.63) is 34.9 Å². The van der Waals surface area contributed by atoms with Crippen LogP contribution >= 0.6 is 11.6 Å². The number of benzene rings is 1. The molecule has 128 valence electrons. The van der Waals surface area contributed by atoms with Crippen molar-refractivity contribution in [1.82, 2.24) is 10.6 Å². The summed E-state index contributed by atoms with van der Waals surface area (Å²) in [6, 6.07) is 6.84. The van der Waals surface area contributed by atoms with Crippen LogP contribution in [-0.2, 0) is 4.74 Å². The minimum Gasteiger partial charge on any atom is -0.388 e. The second-order valence-corrected chi connectivity index (χ2v) is 6.69. The molecule has 1 aliphatic rings. The lowest BCUT2D eigenvalue weighted by atomic mass is 10.0. The number of methoxy groups -OCH3 is 1. The number of hydrogen-bond donors (Lipinski definition) is 3. The smallest absolute Gasteiger partial charge is 0.315 e. The lowest BCUT2D eigenvalue weighted by Crippen LogP contribution is -2.48. The first-order chi connectivity index (χ1) is 10.9. The first-order valence-electron chi connectivity index (χ1n) is 7.98. The Morgan fingerprint density at radius 1 is 1.35 bits per heavy atom. The maximum absolute atomic E-state index is 12.0. The van der Waals surface area contributed by atoms with E-state index in [1.807, 2.05) is 19.1 Å². The zero-order chi connectivity index (χ0) is 16.9. The molecule has 5 nitrogen and oxygen atoms in total. The van der Waals surface area contributed by atoms with Crippen molar-refractivity contribution in [2.45, 2.75) is 50.4 Å². The highest BCUT2D eigenvalue weighted by Crippen LogP contribution is 2.28. The van der Waals surface area contributed by atoms with E-state index in [1.165, 1.54) is 0 Å². The molecular weight excluding hydrogens is 316 g/mol. The zero-order valence-corrected chi connectivity index (χ0v) is 14.4. The van der Waals surface area contributed by atoms with Crippen LogP contribution in [0.15, 0.2) is 24.3 Å². The zero-order valence-electron chi connectivity index (χ0n) is 13.6. The molecule has 23 heavy (non-hydrogen) atoms. The van der Waals surface area contributed by atoms with Crippen LogP contribution in [0.5, 0.6) is 0 Å². The van der Waals surface area contributed by atoms with Crippen molar-refractivity contribution in [3.8, 4) is 0 Å². The number of nitrogens with one attached hydrogen (secondary N) is 2. The van der Waals surface area contributed by atoms with E-state index < -0.39 is 5.60 Å². The quantitative estimate of drug-likeness (QED) is 0.745. The Labute approximate surface area is 142 Å². The normalized spacial score (nSPS) is 19.1. The molecule has 6 heteroatoms. The third-order valence-electron chi connectivity index (χ3n) is 4.38. The van der Waals surface area contributed by atoms with Gasteiger partial charge < -0.3 is 20.5 Å². The van der Waals surface area contributed by atoms with E-state index in [4.69, 9.17) is 16.3 Å². The average Bonchev–Trinajstić information content (AvgIpc) is 2.95. The third-order valence-corrected chi connectivity index (χ3v) is 4.63. The Morgan fingerprint density at radius 2 is 1.96 bits per heavy atom. The van der Waals surface area contributed by atoms with Gasteiger partial charge in [-0.25, -0.2) is 4.79 Å². The molecule has 2 atom stereocenters. The largest absolute Gasteiger partial charge is 0.388 e. The summed E-state index contributed by atoms with van der Waals surface area (Å²) in [6.45, 7) is 2.16. The first-order valence-corrected chi connectivity index (χ1v) is 8.36. The van der Waals surface area contributed by atoms with E-state index >= 15 is 0 Å². The van der Waals surface area contributed by atoms with Gasteiger partial charge in [0.2, 0.25) is 0 Å². The minimum atomic E-state index is -0.753. The van der Waals surface area contributed by atoms with Crippen LogP contribution in [0.1, 0.15) is 44.3 Å². The second kappa shape index (κ2) is 7.99. The fourth-order valence-corrected chi connectivity index (χ4v) is 3.20. The van der Waals surface area contributed by atoms with Gasteiger partial charge in [0.05, 0.1) is 11.6 Å². The highest BCUT2D eigenvalue weighted by molar-refractivity contribution is 6.30. The van der Waals surface area contributed by atoms with Gasteiger partial charge in [0, 0.05) is 18.7 Å². The summed E-state index contributed by atoms with van der Waals surface area (Å²) in [6.07, 6.45) is 3.24. The summed E-state index contributed by atoms with van der Waals surface area (Å²) in [4.78, 5) is 12.0. The van der Waals surface area contributed by atoms with Crippen LogP contribution in [-0.4, -0.2) is 36.4 Å². The molecule has 0 heterocycles. The molecule has 1 saturated carbocycles. The molecule has 0 aromatic heterocycles. The Morgan fingerprint density at radius 3 is 2.52 bits per heavy atom. The summed E-state index contributed by atoms with van der Waals surface area (Å²) in [5, 5.41) is 16.5. The van der Waals surface area contributed by atoms with Crippen LogP contribution in [0.2, 0.25) is 5.02 Å². The molecule has 0 aliphatic heterocycles. The molecule has 3 N–H and O–H groups in total. The number of halogens is 1. The molecule has 1 aliphatic carbocycles. The number of ether oxygens (including phenoxy) is 1. The summed E-state index contributed by atoms with van der Waals surface area (Å²) >= 11 is 5.90. The van der Waals surface area contributed by atoms with Gasteiger partial charge >= 0.3 is 6.03 Å². The van der Waals surface area contributed by atoms with Crippen molar-refractivity contribution in [2.75, 3.05) is 13.7 Å². The molecule has 2 unspecified atom stereocenters. The Bertz CT molecular complexity index is 515. The molecule has 1 aromatic rings. The van der Waals surface area contributed by atoms with Gasteiger partial charge in [-0.3, -0.25) is 0 Å². The summed E-state index contributed by atoms with van der Waals surface area (Å²) in [7, 11) is 1.61. The van der Waals surface area contributed by atoms with Gasteiger partial charge in [-0.05, 0) is 37.5 Å². The molecule has 0 radical (unpaired) electrons. The Balaban J connectivity index is 1.87. The number of urea groups is 1. The van der Waals surface area contributed by atoms with Gasteiger partial charge in [0.25, 0.3) is 0 Å². The number of rotatable bonds is 6. The summed E-state index contributed by atoms with van der Waals surface area (Å²) in [5.41, 5.74) is 0.191. The monoisotopic (exact) mass is 340 g/mol. The fourth-order valence-electron chi connectivity index (χ4n) is 3.07. The standard InChI is InChI=1S/C17H25ClN2O3/c1-12(15(23-2)13-5-7-14(18)8-6-13)20-16(21)19-11-17(22)9-3-4-10-17/h5-8,12,15,22H,3-4,9-11H2,1-2H3,(H2,19,20,21). The topological polar surface area (TPSA) is 70.6 Å². The van der Waals surface area contributed by atoms with Gasteiger partial charge in [0.15, 0.2) is 0 Å². The van der Waals surface area contributed by atoms with Crippen LogP contribution in [0.3, 0.4) is 0 Å². The number of carbonyl (C=O) groups excluding carboxylic acids is 1. The van der Waals surface area contributed by atoms with E-state index in [-0.39, 0.29) is 24.7 Å². The summed E-state index contributed by atoms with van der Waals surface area (Å²) in [5.74, 6) is 0. The van der Waals surface area contributed by atoms with Crippen LogP contribution in [0, 0.1) is 0 Å². The molecule has 2 rings (SSSR count). The fraction of sp³-hybridized carbons (Fsp3) is 0.588. The van der Waals surface area contributed by atoms with Gasteiger partial charge in [0.1, 0.15) is 6.10 Å². The Hall–Kier alpha value is -1.30. The van der Waals surface area contributed by atoms with Crippen LogP contribution in [0.25, 0.3) is 0 Å². The van der Waals surface area contributed by atoms with E-state index in [2.05, 4.69) is 10.6 Å². The molecule has 0 saturated heterocycles. The predicted octanol–water partition coefficient (Wildman–Crippen LogP) is 3.02. The van der Waals surface area contributed by atoms with Crippen molar-refractivity contribution < 1.29 is 14.6 Å². The van der Waals surface area contributed by atoms with E-state index in [1.54, 1.807) is 19.2 Å². The van der Waals surface area contributed by atoms with Crippen LogP contribution in [0.4, 0.5) is 4.79 Å². The third kappa shape index (κ3) is 5.09. The second-order valence-electron chi connectivity index (χ2n) is 6.25. The SMILES string of the molecule is COC(c1ccc(Cl)cc1)C(C)NC(=O)NCC1(O)CCCC1. The maximum Gasteiger partial charge on any atom is 0.315 e. The molecule has 1 aromatic carbocycles. The maximum atomic E-state index is 12.0. The average molecular weight is 341 g/mol.